The van der Waals surface area contributed by atoms with E-state index in [1.807, 2.05) is 18.2 Å². The molecule has 5 nitrogen and oxygen atoms in total. The highest BCUT2D eigenvalue weighted by atomic mass is 35.5. The molecule has 1 heterocycles. The second-order valence-electron chi connectivity index (χ2n) is 5.75. The first-order valence-corrected chi connectivity index (χ1v) is 9.67. The normalized spacial score (nSPS) is 13.1. The van der Waals surface area contributed by atoms with Crippen molar-refractivity contribution in [2.24, 2.45) is 0 Å². The molecule has 1 N–H and O–H groups in total. The molecule has 0 aromatic heterocycles. The molecule has 2 aromatic carbocycles. The van der Waals surface area contributed by atoms with Gasteiger partial charge in [-0.2, -0.15) is 0 Å². The molecule has 0 saturated carbocycles. The SMILES string of the molecule is O=C(CN1C(=O)COc2ccc(Cl)cc21)NCCCSc1ccccc1. The zero-order chi connectivity index (χ0) is 18.4. The Morgan fingerprint density at radius 1 is 1.23 bits per heavy atom. The van der Waals surface area contributed by atoms with Crippen LogP contribution in [-0.4, -0.2) is 37.3 Å². The first kappa shape index (κ1) is 18.6. The average molecular weight is 391 g/mol. The summed E-state index contributed by atoms with van der Waals surface area (Å²) in [7, 11) is 0. The predicted molar refractivity (Wildman–Crippen MR) is 104 cm³/mol. The van der Waals surface area contributed by atoms with Gasteiger partial charge in [-0.1, -0.05) is 29.8 Å². The summed E-state index contributed by atoms with van der Waals surface area (Å²) in [6.07, 6.45) is 0.852. The first-order chi connectivity index (χ1) is 12.6. The molecule has 0 spiro atoms. The van der Waals surface area contributed by atoms with Crippen LogP contribution in [0.15, 0.2) is 53.4 Å². The number of benzene rings is 2. The van der Waals surface area contributed by atoms with E-state index >= 15 is 0 Å². The summed E-state index contributed by atoms with van der Waals surface area (Å²) in [6.45, 7) is 0.455. The second-order valence-corrected chi connectivity index (χ2v) is 7.35. The lowest BCUT2D eigenvalue weighted by atomic mass is 10.2. The zero-order valence-electron chi connectivity index (χ0n) is 14.1. The van der Waals surface area contributed by atoms with E-state index < -0.39 is 0 Å². The number of carbonyl (C=O) groups excluding carboxylic acids is 2. The fourth-order valence-corrected chi connectivity index (χ4v) is 3.60. The maximum atomic E-state index is 12.2. The van der Waals surface area contributed by atoms with E-state index in [9.17, 15) is 9.59 Å². The van der Waals surface area contributed by atoms with Crippen LogP contribution in [0.1, 0.15) is 6.42 Å². The van der Waals surface area contributed by atoms with Crippen LogP contribution in [0.2, 0.25) is 5.02 Å². The van der Waals surface area contributed by atoms with Gasteiger partial charge in [-0.3, -0.25) is 14.5 Å². The van der Waals surface area contributed by atoms with Crippen molar-refractivity contribution in [2.75, 3.05) is 30.3 Å². The monoisotopic (exact) mass is 390 g/mol. The summed E-state index contributed by atoms with van der Waals surface area (Å²) in [5.74, 6) is 1.02. The maximum absolute atomic E-state index is 12.2. The molecule has 1 aliphatic rings. The number of carbonyl (C=O) groups is 2. The molecule has 1 aliphatic heterocycles. The Morgan fingerprint density at radius 3 is 2.85 bits per heavy atom. The minimum Gasteiger partial charge on any atom is -0.482 e. The number of nitrogens with one attached hydrogen (secondary N) is 1. The molecule has 26 heavy (non-hydrogen) atoms. The van der Waals surface area contributed by atoms with Crippen molar-refractivity contribution >= 4 is 40.9 Å². The van der Waals surface area contributed by atoms with Crippen LogP contribution in [0, 0.1) is 0 Å². The van der Waals surface area contributed by atoms with Gasteiger partial charge < -0.3 is 10.1 Å². The van der Waals surface area contributed by atoms with Gasteiger partial charge in [0.25, 0.3) is 5.91 Å². The van der Waals surface area contributed by atoms with E-state index in [4.69, 9.17) is 16.3 Å². The topological polar surface area (TPSA) is 58.6 Å². The molecule has 7 heteroatoms. The van der Waals surface area contributed by atoms with Crippen LogP contribution in [-0.2, 0) is 9.59 Å². The Kier molecular flexibility index (Phi) is 6.41. The molecule has 0 aliphatic carbocycles. The summed E-state index contributed by atoms with van der Waals surface area (Å²) in [4.78, 5) is 26.9. The van der Waals surface area contributed by atoms with Gasteiger partial charge in [-0.05, 0) is 42.5 Å². The Balaban J connectivity index is 1.46. The van der Waals surface area contributed by atoms with Crippen molar-refractivity contribution < 1.29 is 14.3 Å². The van der Waals surface area contributed by atoms with E-state index in [0.717, 1.165) is 12.2 Å². The van der Waals surface area contributed by atoms with E-state index in [2.05, 4.69) is 17.4 Å². The molecule has 0 saturated heterocycles. The third kappa shape index (κ3) is 4.93. The molecule has 136 valence electrons. The van der Waals surface area contributed by atoms with Crippen molar-refractivity contribution in [1.29, 1.82) is 0 Å². The lowest BCUT2D eigenvalue weighted by Crippen LogP contribution is -2.45. The van der Waals surface area contributed by atoms with Gasteiger partial charge in [0.15, 0.2) is 6.61 Å². The van der Waals surface area contributed by atoms with Gasteiger partial charge in [-0.25, -0.2) is 0 Å². The van der Waals surface area contributed by atoms with Gasteiger partial charge in [0.05, 0.1) is 5.69 Å². The molecule has 2 aromatic rings. The number of anilines is 1. The van der Waals surface area contributed by atoms with Crippen LogP contribution in [0.25, 0.3) is 0 Å². The lowest BCUT2D eigenvalue weighted by Gasteiger charge is -2.29. The number of halogens is 1. The molecule has 0 fully saturated rings. The predicted octanol–water partition coefficient (Wildman–Crippen LogP) is 3.36. The van der Waals surface area contributed by atoms with Crippen molar-refractivity contribution in [3.63, 3.8) is 0 Å². The molecular weight excluding hydrogens is 372 g/mol. The fraction of sp³-hybridized carbons (Fsp3) is 0.263. The van der Waals surface area contributed by atoms with Crippen LogP contribution in [0.4, 0.5) is 5.69 Å². The number of hydrogen-bond donors (Lipinski definition) is 1. The molecule has 0 radical (unpaired) electrons. The van der Waals surface area contributed by atoms with Gasteiger partial charge in [0.1, 0.15) is 12.3 Å². The minimum absolute atomic E-state index is 0.0403. The smallest absolute Gasteiger partial charge is 0.265 e. The Bertz CT molecular complexity index is 786. The van der Waals surface area contributed by atoms with Crippen LogP contribution in [0.5, 0.6) is 5.75 Å². The Labute approximate surface area is 161 Å². The highest BCUT2D eigenvalue weighted by Gasteiger charge is 2.27. The highest BCUT2D eigenvalue weighted by molar-refractivity contribution is 7.99. The van der Waals surface area contributed by atoms with Gasteiger partial charge in [-0.15, -0.1) is 11.8 Å². The summed E-state index contributed by atoms with van der Waals surface area (Å²) in [5, 5.41) is 3.35. The number of ether oxygens (including phenoxy) is 1. The highest BCUT2D eigenvalue weighted by Crippen LogP contribution is 2.34. The van der Waals surface area contributed by atoms with E-state index in [0.29, 0.717) is 23.0 Å². The van der Waals surface area contributed by atoms with Crippen LogP contribution < -0.4 is 15.0 Å². The standard InChI is InChI=1S/C19H19ClN2O3S/c20-14-7-8-17-16(11-14)22(19(24)13-25-17)12-18(23)21-9-4-10-26-15-5-2-1-3-6-15/h1-3,5-8,11H,4,9-10,12-13H2,(H,21,23). The summed E-state index contributed by atoms with van der Waals surface area (Å²) in [6, 6.07) is 15.2. The average Bonchev–Trinajstić information content (AvgIpc) is 2.65. The molecule has 0 bridgehead atoms. The van der Waals surface area contributed by atoms with E-state index in [1.54, 1.807) is 30.0 Å². The number of thioether (sulfide) groups is 1. The number of rotatable bonds is 7. The van der Waals surface area contributed by atoms with E-state index in [-0.39, 0.29) is 25.0 Å². The number of amides is 2. The van der Waals surface area contributed by atoms with Crippen molar-refractivity contribution in [3.05, 3.63) is 53.6 Å². The second kappa shape index (κ2) is 8.96. The van der Waals surface area contributed by atoms with Crippen LogP contribution in [0.3, 0.4) is 0 Å². The summed E-state index contributed by atoms with van der Waals surface area (Å²) >= 11 is 7.75. The Morgan fingerprint density at radius 2 is 2.04 bits per heavy atom. The molecule has 0 unspecified atom stereocenters. The minimum atomic E-state index is -0.255. The Hall–Kier alpha value is -2.18. The molecule has 0 atom stereocenters. The van der Waals surface area contributed by atoms with Crippen molar-refractivity contribution in [2.45, 2.75) is 11.3 Å². The maximum Gasteiger partial charge on any atom is 0.265 e. The molecular formula is C19H19ClN2O3S. The lowest BCUT2D eigenvalue weighted by molar-refractivity contribution is -0.125. The summed E-state index contributed by atoms with van der Waals surface area (Å²) in [5.41, 5.74) is 0.531. The fourth-order valence-electron chi connectivity index (χ4n) is 2.55. The first-order valence-electron chi connectivity index (χ1n) is 8.31. The summed E-state index contributed by atoms with van der Waals surface area (Å²) < 4.78 is 5.37. The van der Waals surface area contributed by atoms with Crippen LogP contribution >= 0.6 is 23.4 Å². The quantitative estimate of drug-likeness (QED) is 0.581. The van der Waals surface area contributed by atoms with Gasteiger partial charge in [0.2, 0.25) is 5.91 Å². The van der Waals surface area contributed by atoms with Crippen molar-refractivity contribution in [3.8, 4) is 5.75 Å². The van der Waals surface area contributed by atoms with Gasteiger partial charge >= 0.3 is 0 Å². The number of fused-ring (bicyclic) bond motifs is 1. The molecule has 2 amide bonds. The zero-order valence-corrected chi connectivity index (χ0v) is 15.7. The van der Waals surface area contributed by atoms with E-state index in [1.165, 1.54) is 9.80 Å². The number of nitrogens with zero attached hydrogens (tertiary/aromatic N) is 1. The third-order valence-corrected chi connectivity index (χ3v) is 5.15. The number of hydrogen-bond acceptors (Lipinski definition) is 4. The van der Waals surface area contributed by atoms with Crippen molar-refractivity contribution in [1.82, 2.24) is 5.32 Å². The molecule has 3 rings (SSSR count). The largest absolute Gasteiger partial charge is 0.482 e. The van der Waals surface area contributed by atoms with Gasteiger partial charge in [0, 0.05) is 16.5 Å². The third-order valence-electron chi connectivity index (χ3n) is 3.82.